The summed E-state index contributed by atoms with van der Waals surface area (Å²) < 4.78 is 0. The first-order valence-corrected chi connectivity index (χ1v) is 4.91. The molecule has 2 rings (SSSR count). The van der Waals surface area contributed by atoms with Crippen molar-refractivity contribution in [2.75, 3.05) is 20.1 Å². The van der Waals surface area contributed by atoms with Gasteiger partial charge in [-0.05, 0) is 25.6 Å². The molecule has 0 saturated carbocycles. The third kappa shape index (κ3) is 1.65. The second-order valence-corrected chi connectivity index (χ2v) is 3.61. The topological polar surface area (TPSA) is 48.1 Å². The average molecular weight is 193 g/mol. The molecule has 1 aromatic rings. The van der Waals surface area contributed by atoms with E-state index in [0.717, 1.165) is 19.5 Å². The molecule has 2 heterocycles. The van der Waals surface area contributed by atoms with Crippen molar-refractivity contribution in [3.05, 3.63) is 24.0 Å². The Bertz CT molecular complexity index is 307. The third-order valence-electron chi connectivity index (χ3n) is 2.71. The Labute approximate surface area is 83.3 Å². The van der Waals surface area contributed by atoms with Gasteiger partial charge in [0.05, 0.1) is 0 Å². The number of nitrogens with zero attached hydrogens (tertiary/aromatic N) is 1. The highest BCUT2D eigenvalue weighted by molar-refractivity contribution is 5.92. The van der Waals surface area contributed by atoms with Crippen molar-refractivity contribution < 1.29 is 4.79 Å². The first-order chi connectivity index (χ1) is 6.81. The Morgan fingerprint density at radius 1 is 1.71 bits per heavy atom. The highest BCUT2D eigenvalue weighted by Gasteiger charge is 2.25. The SMILES string of the molecule is CNC1CCN(C(=O)c2ccc[nH]2)C1. The van der Waals surface area contributed by atoms with Crippen LogP contribution in [0.15, 0.2) is 18.3 Å². The number of likely N-dealkylation sites (tertiary alicyclic amines) is 1. The lowest BCUT2D eigenvalue weighted by Crippen LogP contribution is -2.33. The monoisotopic (exact) mass is 193 g/mol. The Kier molecular flexibility index (Phi) is 2.54. The lowest BCUT2D eigenvalue weighted by molar-refractivity contribution is 0.0784. The van der Waals surface area contributed by atoms with Gasteiger partial charge in [0.15, 0.2) is 0 Å². The second kappa shape index (κ2) is 3.84. The van der Waals surface area contributed by atoms with Crippen molar-refractivity contribution in [1.82, 2.24) is 15.2 Å². The molecule has 0 bridgehead atoms. The number of H-pyrrole nitrogens is 1. The van der Waals surface area contributed by atoms with Crippen molar-refractivity contribution in [2.24, 2.45) is 0 Å². The summed E-state index contributed by atoms with van der Waals surface area (Å²) in [6, 6.07) is 4.11. The number of carbonyl (C=O) groups excluding carboxylic acids is 1. The lowest BCUT2D eigenvalue weighted by Gasteiger charge is -2.15. The molecule has 1 saturated heterocycles. The zero-order valence-corrected chi connectivity index (χ0v) is 8.29. The molecule has 0 radical (unpaired) electrons. The van der Waals surface area contributed by atoms with E-state index < -0.39 is 0 Å². The van der Waals surface area contributed by atoms with Crippen molar-refractivity contribution in [2.45, 2.75) is 12.5 Å². The van der Waals surface area contributed by atoms with E-state index in [9.17, 15) is 4.79 Å². The highest BCUT2D eigenvalue weighted by atomic mass is 16.2. The van der Waals surface area contributed by atoms with Gasteiger partial charge in [-0.1, -0.05) is 0 Å². The summed E-state index contributed by atoms with van der Waals surface area (Å²) in [6.45, 7) is 1.66. The molecule has 4 heteroatoms. The van der Waals surface area contributed by atoms with Crippen LogP contribution in [0.4, 0.5) is 0 Å². The molecule has 1 amide bonds. The van der Waals surface area contributed by atoms with Crippen molar-refractivity contribution in [1.29, 1.82) is 0 Å². The molecule has 1 unspecified atom stereocenters. The molecule has 1 atom stereocenters. The summed E-state index contributed by atoms with van der Waals surface area (Å²) in [7, 11) is 1.94. The number of aromatic nitrogens is 1. The number of carbonyl (C=O) groups is 1. The highest BCUT2D eigenvalue weighted by Crippen LogP contribution is 2.12. The zero-order chi connectivity index (χ0) is 9.97. The molecule has 4 nitrogen and oxygen atoms in total. The molecule has 0 spiro atoms. The molecule has 2 N–H and O–H groups in total. The second-order valence-electron chi connectivity index (χ2n) is 3.61. The van der Waals surface area contributed by atoms with Gasteiger partial charge in [0, 0.05) is 25.3 Å². The van der Waals surface area contributed by atoms with Gasteiger partial charge in [-0.3, -0.25) is 4.79 Å². The molecule has 1 aliphatic heterocycles. The summed E-state index contributed by atoms with van der Waals surface area (Å²) in [6.07, 6.45) is 2.82. The van der Waals surface area contributed by atoms with E-state index in [4.69, 9.17) is 0 Å². The van der Waals surface area contributed by atoms with Gasteiger partial charge in [0.25, 0.3) is 5.91 Å². The number of hydrogen-bond acceptors (Lipinski definition) is 2. The Morgan fingerprint density at radius 2 is 2.57 bits per heavy atom. The first kappa shape index (κ1) is 9.27. The van der Waals surface area contributed by atoms with Crippen LogP contribution in [0, 0.1) is 0 Å². The summed E-state index contributed by atoms with van der Waals surface area (Å²) in [5, 5.41) is 3.19. The van der Waals surface area contributed by atoms with Gasteiger partial charge >= 0.3 is 0 Å². The maximum atomic E-state index is 11.8. The summed E-state index contributed by atoms with van der Waals surface area (Å²) in [5.74, 6) is 0.104. The predicted octanol–water partition coefficient (Wildman–Crippen LogP) is 0.449. The van der Waals surface area contributed by atoms with Crippen LogP contribution in [0.1, 0.15) is 16.9 Å². The summed E-state index contributed by atoms with van der Waals surface area (Å²) in [5.41, 5.74) is 0.682. The van der Waals surface area contributed by atoms with Gasteiger partial charge < -0.3 is 15.2 Å². The van der Waals surface area contributed by atoms with Crippen LogP contribution in [0.3, 0.4) is 0 Å². The van der Waals surface area contributed by atoms with Crippen molar-refractivity contribution in [3.8, 4) is 0 Å². The zero-order valence-electron chi connectivity index (χ0n) is 8.29. The smallest absolute Gasteiger partial charge is 0.270 e. The number of aromatic amines is 1. The van der Waals surface area contributed by atoms with E-state index >= 15 is 0 Å². The summed E-state index contributed by atoms with van der Waals surface area (Å²) >= 11 is 0. The quantitative estimate of drug-likeness (QED) is 0.716. The largest absolute Gasteiger partial charge is 0.357 e. The normalized spacial score (nSPS) is 21.5. The molecule has 1 aliphatic rings. The van der Waals surface area contributed by atoms with Gasteiger partial charge in [-0.15, -0.1) is 0 Å². The lowest BCUT2D eigenvalue weighted by atomic mass is 10.3. The average Bonchev–Trinajstić information content (AvgIpc) is 2.88. The van der Waals surface area contributed by atoms with Crippen LogP contribution in [0.2, 0.25) is 0 Å². The van der Waals surface area contributed by atoms with E-state index in [0.29, 0.717) is 11.7 Å². The maximum Gasteiger partial charge on any atom is 0.270 e. The van der Waals surface area contributed by atoms with Crippen LogP contribution >= 0.6 is 0 Å². The Morgan fingerprint density at radius 3 is 3.14 bits per heavy atom. The van der Waals surface area contributed by atoms with Gasteiger partial charge in [0.1, 0.15) is 5.69 Å². The molecular weight excluding hydrogens is 178 g/mol. The standard InChI is InChI=1S/C10H15N3O/c1-11-8-4-6-13(7-8)10(14)9-3-2-5-12-9/h2-3,5,8,11-12H,4,6-7H2,1H3. The third-order valence-corrected chi connectivity index (χ3v) is 2.71. The van der Waals surface area contributed by atoms with E-state index in [1.54, 1.807) is 6.20 Å². The fourth-order valence-electron chi connectivity index (χ4n) is 1.81. The van der Waals surface area contributed by atoms with Gasteiger partial charge in [-0.25, -0.2) is 0 Å². The minimum absolute atomic E-state index is 0.104. The van der Waals surface area contributed by atoms with Crippen molar-refractivity contribution in [3.63, 3.8) is 0 Å². The van der Waals surface area contributed by atoms with E-state index in [1.165, 1.54) is 0 Å². The minimum Gasteiger partial charge on any atom is -0.357 e. The summed E-state index contributed by atoms with van der Waals surface area (Å²) in [4.78, 5) is 16.7. The van der Waals surface area contributed by atoms with E-state index in [2.05, 4.69) is 10.3 Å². The predicted molar refractivity (Wildman–Crippen MR) is 54.2 cm³/mol. The van der Waals surface area contributed by atoms with Gasteiger partial charge in [0.2, 0.25) is 0 Å². The number of hydrogen-bond donors (Lipinski definition) is 2. The molecule has 1 fully saturated rings. The first-order valence-electron chi connectivity index (χ1n) is 4.91. The molecule has 76 valence electrons. The van der Waals surface area contributed by atoms with E-state index in [1.807, 2.05) is 24.1 Å². The van der Waals surface area contributed by atoms with Crippen LogP contribution in [0.25, 0.3) is 0 Å². The Balaban J connectivity index is 2.00. The Hall–Kier alpha value is -1.29. The maximum absolute atomic E-state index is 11.8. The fraction of sp³-hybridized carbons (Fsp3) is 0.500. The number of amides is 1. The number of likely N-dealkylation sites (N-methyl/N-ethyl adjacent to an activating group) is 1. The van der Waals surface area contributed by atoms with Crippen molar-refractivity contribution >= 4 is 5.91 Å². The minimum atomic E-state index is 0.104. The van der Waals surface area contributed by atoms with Crippen LogP contribution < -0.4 is 5.32 Å². The van der Waals surface area contributed by atoms with Crippen LogP contribution in [-0.2, 0) is 0 Å². The molecular formula is C10H15N3O. The van der Waals surface area contributed by atoms with E-state index in [-0.39, 0.29) is 5.91 Å². The number of rotatable bonds is 2. The molecule has 0 aromatic carbocycles. The molecule has 0 aliphatic carbocycles. The van der Waals surface area contributed by atoms with Crippen LogP contribution in [0.5, 0.6) is 0 Å². The fourth-order valence-corrected chi connectivity index (χ4v) is 1.81. The molecule has 1 aromatic heterocycles. The van der Waals surface area contributed by atoms with Crippen LogP contribution in [-0.4, -0.2) is 42.0 Å². The molecule has 14 heavy (non-hydrogen) atoms. The number of nitrogens with one attached hydrogen (secondary N) is 2. The van der Waals surface area contributed by atoms with Gasteiger partial charge in [-0.2, -0.15) is 0 Å².